The Morgan fingerprint density at radius 3 is 2.83 bits per heavy atom. The first-order chi connectivity index (χ1) is 5.72. The van der Waals surface area contributed by atoms with Crippen molar-refractivity contribution < 1.29 is 0 Å². The molecular formula is C10H17NO. The smallest absolute Gasteiger partial charge is 0.0811 e. The van der Waals surface area contributed by atoms with Gasteiger partial charge in [-0.25, -0.2) is 0 Å². The van der Waals surface area contributed by atoms with Crippen LogP contribution < -0.4 is 0 Å². The molecule has 0 aliphatic heterocycles. The summed E-state index contributed by atoms with van der Waals surface area (Å²) in [4.78, 5) is 9.80. The van der Waals surface area contributed by atoms with Crippen molar-refractivity contribution in [3.63, 3.8) is 0 Å². The average molecular weight is 167 g/mol. The summed E-state index contributed by atoms with van der Waals surface area (Å²) in [5.74, 6) is 0.517. The minimum Gasteiger partial charge on any atom is -0.151 e. The van der Waals surface area contributed by atoms with E-state index in [9.17, 15) is 4.91 Å². The number of nitrogens with zero attached hydrogens (tertiary/aromatic N) is 1. The van der Waals surface area contributed by atoms with E-state index in [0.717, 1.165) is 12.8 Å². The lowest BCUT2D eigenvalue weighted by Gasteiger charge is -2.07. The van der Waals surface area contributed by atoms with Crippen molar-refractivity contribution in [2.75, 3.05) is 6.54 Å². The van der Waals surface area contributed by atoms with Gasteiger partial charge in [0.05, 0.1) is 6.54 Å². The minimum atomic E-state index is 0.438. The Balaban J connectivity index is 3.79. The molecule has 2 nitrogen and oxygen atoms in total. The third-order valence-electron chi connectivity index (χ3n) is 2.00. The normalized spacial score (nSPS) is 11.6. The molecule has 0 aliphatic carbocycles. The van der Waals surface area contributed by atoms with Crippen LogP contribution in [0.3, 0.4) is 0 Å². The van der Waals surface area contributed by atoms with Gasteiger partial charge in [-0.1, -0.05) is 12.1 Å². The van der Waals surface area contributed by atoms with E-state index in [1.54, 1.807) is 0 Å². The summed E-state index contributed by atoms with van der Waals surface area (Å²) in [5.41, 5.74) is 4.41. The molecule has 0 radical (unpaired) electrons. The number of rotatable bonds is 5. The zero-order valence-corrected chi connectivity index (χ0v) is 8.13. The summed E-state index contributed by atoms with van der Waals surface area (Å²) >= 11 is 0. The maximum atomic E-state index is 9.80. The summed E-state index contributed by atoms with van der Waals surface area (Å²) in [7, 11) is 0. The quantitative estimate of drug-likeness (QED) is 0.351. The zero-order valence-electron chi connectivity index (χ0n) is 8.13. The van der Waals surface area contributed by atoms with Gasteiger partial charge in [0.25, 0.3) is 0 Å². The Labute approximate surface area is 74.3 Å². The fourth-order valence-corrected chi connectivity index (χ4v) is 1.05. The molecule has 0 fully saturated rings. The van der Waals surface area contributed by atoms with Crippen LogP contribution in [-0.4, -0.2) is 6.54 Å². The van der Waals surface area contributed by atoms with Crippen LogP contribution in [0.25, 0.3) is 0 Å². The van der Waals surface area contributed by atoms with Crippen molar-refractivity contribution in [2.24, 2.45) is 11.1 Å². The summed E-state index contributed by atoms with van der Waals surface area (Å²) in [6.45, 7) is 6.62. The van der Waals surface area contributed by atoms with E-state index in [2.05, 4.69) is 24.8 Å². The molecule has 2 heteroatoms. The van der Waals surface area contributed by atoms with E-state index in [1.165, 1.54) is 5.57 Å². The summed E-state index contributed by atoms with van der Waals surface area (Å²) in [5, 5.41) is 2.83. The van der Waals surface area contributed by atoms with E-state index in [1.807, 2.05) is 13.0 Å². The van der Waals surface area contributed by atoms with Gasteiger partial charge in [-0.05, 0) is 44.3 Å². The van der Waals surface area contributed by atoms with Gasteiger partial charge in [-0.3, -0.25) is 0 Å². The third kappa shape index (κ3) is 4.86. The monoisotopic (exact) mass is 167 g/mol. The molecule has 68 valence electrons. The van der Waals surface area contributed by atoms with Gasteiger partial charge in [0.2, 0.25) is 0 Å². The minimum absolute atomic E-state index is 0.438. The first-order valence-electron chi connectivity index (χ1n) is 4.39. The Morgan fingerprint density at radius 1 is 1.67 bits per heavy atom. The van der Waals surface area contributed by atoms with Crippen molar-refractivity contribution in [3.05, 3.63) is 22.3 Å². The molecule has 0 rings (SSSR count). The van der Waals surface area contributed by atoms with Crippen LogP contribution >= 0.6 is 0 Å². The van der Waals surface area contributed by atoms with E-state index in [4.69, 9.17) is 0 Å². The molecule has 0 aromatic heterocycles. The first-order valence-corrected chi connectivity index (χ1v) is 4.39. The Kier molecular flexibility index (Phi) is 6.31. The lowest BCUT2D eigenvalue weighted by Crippen LogP contribution is -1.96. The van der Waals surface area contributed by atoms with Gasteiger partial charge in [-0.2, -0.15) is 4.91 Å². The molecule has 0 spiro atoms. The first kappa shape index (κ1) is 11.1. The number of hydrogen-bond acceptors (Lipinski definition) is 2. The van der Waals surface area contributed by atoms with E-state index in [0.29, 0.717) is 12.5 Å². The molecule has 1 atom stereocenters. The van der Waals surface area contributed by atoms with Gasteiger partial charge < -0.3 is 0 Å². The van der Waals surface area contributed by atoms with Crippen molar-refractivity contribution >= 4 is 0 Å². The maximum absolute atomic E-state index is 9.80. The molecule has 12 heavy (non-hydrogen) atoms. The predicted octanol–water partition coefficient (Wildman–Crippen LogP) is 3.29. The molecule has 0 saturated heterocycles. The van der Waals surface area contributed by atoms with Crippen molar-refractivity contribution in [1.82, 2.24) is 0 Å². The molecule has 0 aromatic rings. The molecule has 1 unspecified atom stereocenters. The van der Waals surface area contributed by atoms with E-state index >= 15 is 0 Å². The van der Waals surface area contributed by atoms with Gasteiger partial charge in [0.15, 0.2) is 0 Å². The number of allylic oxidation sites excluding steroid dienone is 1. The predicted molar refractivity (Wildman–Crippen MR) is 52.0 cm³/mol. The van der Waals surface area contributed by atoms with Gasteiger partial charge in [0, 0.05) is 0 Å². The maximum Gasteiger partial charge on any atom is 0.0811 e. The highest BCUT2D eigenvalue weighted by molar-refractivity contribution is 5.01. The SMILES string of the molecule is CC=C=C(C)C(C)CCCN=O. The van der Waals surface area contributed by atoms with Crippen LogP contribution in [0.5, 0.6) is 0 Å². The highest BCUT2D eigenvalue weighted by atomic mass is 16.3. The largest absolute Gasteiger partial charge is 0.151 e. The van der Waals surface area contributed by atoms with Crippen LogP contribution in [0.4, 0.5) is 0 Å². The lowest BCUT2D eigenvalue weighted by atomic mass is 9.98. The Hall–Kier alpha value is -0.880. The molecular weight excluding hydrogens is 150 g/mol. The Morgan fingerprint density at radius 2 is 2.33 bits per heavy atom. The zero-order chi connectivity index (χ0) is 9.40. The fraction of sp³-hybridized carbons (Fsp3) is 0.700. The Bertz CT molecular complexity index is 190. The van der Waals surface area contributed by atoms with Crippen LogP contribution in [0.15, 0.2) is 22.6 Å². The van der Waals surface area contributed by atoms with E-state index in [-0.39, 0.29) is 0 Å². The molecule has 0 amide bonds. The highest BCUT2D eigenvalue weighted by Crippen LogP contribution is 2.14. The van der Waals surface area contributed by atoms with Crippen LogP contribution in [0, 0.1) is 10.8 Å². The molecule has 0 N–H and O–H groups in total. The van der Waals surface area contributed by atoms with Gasteiger partial charge in [-0.15, -0.1) is 5.73 Å². The van der Waals surface area contributed by atoms with Crippen molar-refractivity contribution in [1.29, 1.82) is 0 Å². The van der Waals surface area contributed by atoms with Crippen molar-refractivity contribution in [2.45, 2.75) is 33.6 Å². The second-order valence-electron chi connectivity index (χ2n) is 3.01. The van der Waals surface area contributed by atoms with Gasteiger partial charge in [0.1, 0.15) is 0 Å². The van der Waals surface area contributed by atoms with Crippen LogP contribution in [-0.2, 0) is 0 Å². The van der Waals surface area contributed by atoms with Crippen molar-refractivity contribution in [3.8, 4) is 0 Å². The third-order valence-corrected chi connectivity index (χ3v) is 2.00. The average Bonchev–Trinajstić information content (AvgIpc) is 2.05. The molecule has 0 aromatic carbocycles. The molecule has 0 heterocycles. The second kappa shape index (κ2) is 6.81. The standard InChI is InChI=1S/C10H17NO/c1-4-6-9(2)10(3)7-5-8-11-12/h4,10H,5,7-8H2,1-3H3. The number of hydrogen-bond donors (Lipinski definition) is 0. The molecule has 0 aliphatic rings. The van der Waals surface area contributed by atoms with Crippen LogP contribution in [0.1, 0.15) is 33.6 Å². The highest BCUT2D eigenvalue weighted by Gasteiger charge is 2.02. The van der Waals surface area contributed by atoms with Gasteiger partial charge >= 0.3 is 0 Å². The molecule has 0 saturated carbocycles. The lowest BCUT2D eigenvalue weighted by molar-refractivity contribution is 0.585. The number of nitroso groups, excluding NO2 is 1. The summed E-state index contributed by atoms with van der Waals surface area (Å²) < 4.78 is 0. The van der Waals surface area contributed by atoms with Crippen LogP contribution in [0.2, 0.25) is 0 Å². The molecule has 0 bridgehead atoms. The second-order valence-corrected chi connectivity index (χ2v) is 3.01. The van der Waals surface area contributed by atoms with E-state index < -0.39 is 0 Å². The summed E-state index contributed by atoms with van der Waals surface area (Å²) in [6.07, 6.45) is 3.83. The fourth-order valence-electron chi connectivity index (χ4n) is 1.05. The topological polar surface area (TPSA) is 29.4 Å². The summed E-state index contributed by atoms with van der Waals surface area (Å²) in [6, 6.07) is 0.